The highest BCUT2D eigenvalue weighted by atomic mass is 16.4. The zero-order valence-corrected chi connectivity index (χ0v) is 16.5. The minimum Gasteiger partial charge on any atom is -0.480 e. The fourth-order valence-corrected chi connectivity index (χ4v) is 3.01. The molecule has 0 amide bonds. The highest BCUT2D eigenvalue weighted by Crippen LogP contribution is 2.22. The number of fused-ring (bicyclic) bond motifs is 1. The van der Waals surface area contributed by atoms with Gasteiger partial charge in [0.2, 0.25) is 11.9 Å². The van der Waals surface area contributed by atoms with E-state index >= 15 is 0 Å². The van der Waals surface area contributed by atoms with E-state index in [1.54, 1.807) is 18.5 Å². The summed E-state index contributed by atoms with van der Waals surface area (Å²) >= 11 is 0. The van der Waals surface area contributed by atoms with Crippen LogP contribution in [0.25, 0.3) is 11.2 Å². The van der Waals surface area contributed by atoms with Crippen LogP contribution in [0.3, 0.4) is 0 Å². The Bertz CT molecular complexity index is 1020. The van der Waals surface area contributed by atoms with Crippen molar-refractivity contribution in [2.24, 2.45) is 7.05 Å². The van der Waals surface area contributed by atoms with Gasteiger partial charge in [0.05, 0.1) is 6.54 Å². The maximum atomic E-state index is 13.1. The topological polar surface area (TPSA) is 117 Å². The van der Waals surface area contributed by atoms with E-state index in [0.29, 0.717) is 18.0 Å². The van der Waals surface area contributed by atoms with Crippen LogP contribution in [-0.2, 0) is 18.4 Å². The summed E-state index contributed by atoms with van der Waals surface area (Å²) in [7, 11) is 1.56. The molecular formula is C18H25N7O3. The van der Waals surface area contributed by atoms with Crippen LogP contribution in [0.15, 0.2) is 4.79 Å². The van der Waals surface area contributed by atoms with Crippen LogP contribution in [0.4, 0.5) is 11.9 Å². The van der Waals surface area contributed by atoms with E-state index in [1.165, 1.54) is 18.4 Å². The summed E-state index contributed by atoms with van der Waals surface area (Å²) in [6.07, 6.45) is 0. The molecule has 10 nitrogen and oxygen atoms in total. The van der Waals surface area contributed by atoms with Crippen LogP contribution in [0, 0.1) is 11.8 Å². The number of aliphatic carboxylic acids is 1. The summed E-state index contributed by atoms with van der Waals surface area (Å²) in [5.41, 5.74) is -0.959. The van der Waals surface area contributed by atoms with Gasteiger partial charge in [0.1, 0.15) is 5.54 Å². The summed E-state index contributed by atoms with van der Waals surface area (Å²) in [5, 5.41) is 15.5. The first kappa shape index (κ1) is 19.7. The van der Waals surface area contributed by atoms with Crippen LogP contribution < -0.4 is 21.1 Å². The highest BCUT2D eigenvalue weighted by molar-refractivity contribution is 5.82. The fraction of sp³-hybridized carbons (Fsp3) is 0.556. The lowest BCUT2D eigenvalue weighted by molar-refractivity contribution is -0.141. The predicted octanol–water partition coefficient (Wildman–Crippen LogP) is -0.162. The van der Waals surface area contributed by atoms with E-state index in [9.17, 15) is 14.7 Å². The molecule has 10 heteroatoms. The number of aromatic nitrogens is 4. The third-order valence-corrected chi connectivity index (χ3v) is 4.74. The summed E-state index contributed by atoms with van der Waals surface area (Å²) in [6.45, 7) is 8.27. The smallest absolute Gasteiger partial charge is 0.328 e. The Kier molecular flexibility index (Phi) is 5.29. The van der Waals surface area contributed by atoms with Crippen molar-refractivity contribution in [2.75, 3.05) is 36.4 Å². The summed E-state index contributed by atoms with van der Waals surface area (Å²) in [6, 6.07) is 0. The fourth-order valence-electron chi connectivity index (χ4n) is 3.01. The van der Waals surface area contributed by atoms with E-state index in [4.69, 9.17) is 0 Å². The molecule has 28 heavy (non-hydrogen) atoms. The van der Waals surface area contributed by atoms with Crippen molar-refractivity contribution < 1.29 is 9.90 Å². The molecule has 0 atom stereocenters. The van der Waals surface area contributed by atoms with E-state index in [-0.39, 0.29) is 17.2 Å². The molecule has 2 aromatic rings. The zero-order valence-electron chi connectivity index (χ0n) is 16.5. The molecule has 150 valence electrons. The number of nitrogens with zero attached hydrogens (tertiary/aromatic N) is 5. The van der Waals surface area contributed by atoms with Crippen LogP contribution in [-0.4, -0.2) is 61.9 Å². The minimum atomic E-state index is -1.29. The van der Waals surface area contributed by atoms with Gasteiger partial charge in [-0.25, -0.2) is 4.79 Å². The van der Waals surface area contributed by atoms with Gasteiger partial charge in [-0.05, 0) is 20.8 Å². The largest absolute Gasteiger partial charge is 0.480 e. The van der Waals surface area contributed by atoms with Crippen molar-refractivity contribution >= 4 is 29.0 Å². The van der Waals surface area contributed by atoms with Gasteiger partial charge in [-0.2, -0.15) is 9.97 Å². The molecule has 0 unspecified atom stereocenters. The molecule has 0 spiro atoms. The molecule has 2 aromatic heterocycles. The van der Waals surface area contributed by atoms with Crippen molar-refractivity contribution in [3.05, 3.63) is 10.4 Å². The molecule has 0 saturated carbocycles. The molecule has 1 aliphatic rings. The first-order valence-corrected chi connectivity index (χ1v) is 9.10. The Morgan fingerprint density at radius 2 is 2.00 bits per heavy atom. The molecule has 1 aliphatic heterocycles. The van der Waals surface area contributed by atoms with Gasteiger partial charge in [-0.1, -0.05) is 5.92 Å². The SMILES string of the molecule is CC#CCn1c(N2CCNCC2)nc2nc(NC(C)(C)C(=O)O)n(C)c(=O)c21. The number of carboxylic acids is 1. The lowest BCUT2D eigenvalue weighted by atomic mass is 10.1. The van der Waals surface area contributed by atoms with Gasteiger partial charge in [0.15, 0.2) is 11.2 Å². The van der Waals surface area contributed by atoms with Crippen LogP contribution >= 0.6 is 0 Å². The number of nitrogens with one attached hydrogen (secondary N) is 2. The molecule has 1 fully saturated rings. The first-order chi connectivity index (χ1) is 13.3. The second kappa shape index (κ2) is 7.52. The zero-order chi connectivity index (χ0) is 20.5. The summed E-state index contributed by atoms with van der Waals surface area (Å²) < 4.78 is 3.10. The third-order valence-electron chi connectivity index (χ3n) is 4.74. The van der Waals surface area contributed by atoms with E-state index in [1.807, 2.05) is 0 Å². The van der Waals surface area contributed by atoms with E-state index in [0.717, 1.165) is 26.2 Å². The number of carboxylic acid groups (broad SMARTS) is 1. The molecule has 3 heterocycles. The van der Waals surface area contributed by atoms with Gasteiger partial charge < -0.3 is 20.6 Å². The second-order valence-corrected chi connectivity index (χ2v) is 7.19. The number of hydrogen-bond acceptors (Lipinski definition) is 7. The molecule has 1 saturated heterocycles. The van der Waals surface area contributed by atoms with Gasteiger partial charge in [0.25, 0.3) is 5.56 Å². The number of carbonyl (C=O) groups is 1. The van der Waals surface area contributed by atoms with E-state index in [2.05, 4.69) is 37.3 Å². The molecule has 0 radical (unpaired) electrons. The maximum Gasteiger partial charge on any atom is 0.328 e. The molecule has 3 rings (SSSR count). The van der Waals surface area contributed by atoms with E-state index < -0.39 is 11.5 Å². The van der Waals surface area contributed by atoms with Crippen molar-refractivity contribution in [2.45, 2.75) is 32.9 Å². The van der Waals surface area contributed by atoms with Crippen LogP contribution in [0.1, 0.15) is 20.8 Å². The molecule has 0 aliphatic carbocycles. The minimum absolute atomic E-state index is 0.156. The quantitative estimate of drug-likeness (QED) is 0.606. The first-order valence-electron chi connectivity index (χ1n) is 9.10. The van der Waals surface area contributed by atoms with Crippen molar-refractivity contribution in [3.8, 4) is 11.8 Å². The van der Waals surface area contributed by atoms with Gasteiger partial charge >= 0.3 is 5.97 Å². The number of rotatable bonds is 5. The number of anilines is 2. The van der Waals surface area contributed by atoms with Crippen molar-refractivity contribution in [1.29, 1.82) is 0 Å². The third kappa shape index (κ3) is 3.53. The lowest BCUT2D eigenvalue weighted by Gasteiger charge is -2.28. The second-order valence-electron chi connectivity index (χ2n) is 7.19. The molecular weight excluding hydrogens is 362 g/mol. The summed E-state index contributed by atoms with van der Waals surface area (Å²) in [4.78, 5) is 35.7. The average Bonchev–Trinajstić information content (AvgIpc) is 3.03. The summed E-state index contributed by atoms with van der Waals surface area (Å²) in [5.74, 6) is 5.61. The molecule has 3 N–H and O–H groups in total. The Morgan fingerprint density at radius 3 is 2.61 bits per heavy atom. The monoisotopic (exact) mass is 387 g/mol. The van der Waals surface area contributed by atoms with Gasteiger partial charge in [0, 0.05) is 33.2 Å². The standard InChI is InChI=1S/C18H25N7O3/c1-5-6-9-25-12-13(21-17(25)24-10-7-19-8-11-24)20-16(23(4)14(12)26)22-18(2,3)15(27)28/h19H,7-11H2,1-4H3,(H,20,22)(H,27,28). The lowest BCUT2D eigenvalue weighted by Crippen LogP contribution is -2.44. The highest BCUT2D eigenvalue weighted by Gasteiger charge is 2.29. The Morgan fingerprint density at radius 1 is 1.32 bits per heavy atom. The Labute approximate surface area is 162 Å². The molecule has 0 bridgehead atoms. The average molecular weight is 387 g/mol. The normalized spacial score (nSPS) is 14.6. The Hall–Kier alpha value is -3.06. The van der Waals surface area contributed by atoms with Crippen molar-refractivity contribution in [3.63, 3.8) is 0 Å². The van der Waals surface area contributed by atoms with Crippen LogP contribution in [0.2, 0.25) is 0 Å². The number of piperazine rings is 1. The molecule has 0 aromatic carbocycles. The Balaban J connectivity index is 2.17. The van der Waals surface area contributed by atoms with Gasteiger partial charge in [-0.15, -0.1) is 5.92 Å². The predicted molar refractivity (Wildman–Crippen MR) is 107 cm³/mol. The number of imidazole rings is 1. The number of hydrogen-bond donors (Lipinski definition) is 3. The van der Waals surface area contributed by atoms with Crippen molar-refractivity contribution in [1.82, 2.24) is 24.4 Å². The maximum absolute atomic E-state index is 13.1. The van der Waals surface area contributed by atoms with Crippen LogP contribution in [0.5, 0.6) is 0 Å². The van der Waals surface area contributed by atoms with Gasteiger partial charge in [-0.3, -0.25) is 13.9 Å².